The zero-order valence-corrected chi connectivity index (χ0v) is 8.18. The Balaban J connectivity index is 3.19. The SMILES string of the molecule is CCOCCCCC(C)(O)CN. The molecule has 0 radical (unpaired) electrons. The molecule has 3 N–H and O–H groups in total. The molecule has 0 bridgehead atoms. The molecule has 3 heteroatoms. The van der Waals surface area contributed by atoms with Gasteiger partial charge in [-0.2, -0.15) is 0 Å². The third-order valence-electron chi connectivity index (χ3n) is 1.90. The molecule has 0 amide bonds. The van der Waals surface area contributed by atoms with Crippen LogP contribution in [0.3, 0.4) is 0 Å². The maximum atomic E-state index is 9.51. The summed E-state index contributed by atoms with van der Waals surface area (Å²) in [6, 6.07) is 0. The second-order valence-corrected chi connectivity index (χ2v) is 3.36. The molecule has 0 aliphatic heterocycles. The Morgan fingerprint density at radius 2 is 2.08 bits per heavy atom. The minimum Gasteiger partial charge on any atom is -0.389 e. The maximum absolute atomic E-state index is 9.51. The van der Waals surface area contributed by atoms with Crippen LogP contribution in [0, 0.1) is 0 Å². The minimum absolute atomic E-state index is 0.335. The van der Waals surface area contributed by atoms with Crippen molar-refractivity contribution in [3.05, 3.63) is 0 Å². The lowest BCUT2D eigenvalue weighted by Gasteiger charge is -2.20. The van der Waals surface area contributed by atoms with Crippen LogP contribution in [-0.4, -0.2) is 30.5 Å². The number of hydrogen-bond donors (Lipinski definition) is 2. The fourth-order valence-corrected chi connectivity index (χ4v) is 0.956. The highest BCUT2D eigenvalue weighted by Gasteiger charge is 2.16. The van der Waals surface area contributed by atoms with Gasteiger partial charge in [0.05, 0.1) is 5.60 Å². The van der Waals surface area contributed by atoms with Crippen LogP contribution >= 0.6 is 0 Å². The van der Waals surface area contributed by atoms with Crippen molar-refractivity contribution in [2.45, 2.75) is 38.7 Å². The normalized spacial score (nSPS) is 16.0. The first kappa shape index (κ1) is 11.9. The Hall–Kier alpha value is -0.120. The van der Waals surface area contributed by atoms with Crippen molar-refractivity contribution in [2.24, 2.45) is 5.73 Å². The zero-order chi connectivity index (χ0) is 9.45. The molecule has 1 unspecified atom stereocenters. The highest BCUT2D eigenvalue weighted by Crippen LogP contribution is 2.11. The van der Waals surface area contributed by atoms with E-state index < -0.39 is 5.60 Å². The van der Waals surface area contributed by atoms with Gasteiger partial charge >= 0.3 is 0 Å². The summed E-state index contributed by atoms with van der Waals surface area (Å²) in [7, 11) is 0. The van der Waals surface area contributed by atoms with E-state index in [9.17, 15) is 5.11 Å². The van der Waals surface area contributed by atoms with Crippen molar-refractivity contribution >= 4 is 0 Å². The van der Waals surface area contributed by atoms with E-state index in [1.165, 1.54) is 0 Å². The molecule has 0 aromatic rings. The first-order chi connectivity index (χ1) is 5.62. The minimum atomic E-state index is -0.688. The average molecular weight is 175 g/mol. The van der Waals surface area contributed by atoms with Gasteiger partial charge in [0, 0.05) is 19.8 Å². The maximum Gasteiger partial charge on any atom is 0.0741 e. The van der Waals surface area contributed by atoms with E-state index in [4.69, 9.17) is 10.5 Å². The number of hydrogen-bond acceptors (Lipinski definition) is 3. The highest BCUT2D eigenvalue weighted by atomic mass is 16.5. The third kappa shape index (κ3) is 6.58. The molecule has 0 aliphatic carbocycles. The lowest BCUT2D eigenvalue weighted by Crippen LogP contribution is -2.33. The van der Waals surface area contributed by atoms with Crippen LogP contribution in [0.1, 0.15) is 33.1 Å². The summed E-state index contributed by atoms with van der Waals surface area (Å²) in [6.45, 7) is 5.65. The summed E-state index contributed by atoms with van der Waals surface area (Å²) >= 11 is 0. The van der Waals surface area contributed by atoms with Crippen molar-refractivity contribution in [3.63, 3.8) is 0 Å². The molecule has 0 saturated heterocycles. The van der Waals surface area contributed by atoms with Crippen molar-refractivity contribution < 1.29 is 9.84 Å². The Kier molecular flexibility index (Phi) is 6.34. The largest absolute Gasteiger partial charge is 0.389 e. The molecule has 0 aromatic heterocycles. The van der Waals surface area contributed by atoms with Crippen molar-refractivity contribution in [1.82, 2.24) is 0 Å². The molecular weight excluding hydrogens is 154 g/mol. The first-order valence-corrected chi connectivity index (χ1v) is 4.62. The smallest absolute Gasteiger partial charge is 0.0741 e. The van der Waals surface area contributed by atoms with Crippen molar-refractivity contribution in [2.75, 3.05) is 19.8 Å². The summed E-state index contributed by atoms with van der Waals surface area (Å²) in [5.41, 5.74) is 4.68. The van der Waals surface area contributed by atoms with Gasteiger partial charge in [-0.1, -0.05) is 0 Å². The van der Waals surface area contributed by atoms with Gasteiger partial charge in [0.2, 0.25) is 0 Å². The molecule has 1 atom stereocenters. The van der Waals surface area contributed by atoms with Gasteiger partial charge in [-0.25, -0.2) is 0 Å². The molecule has 0 rings (SSSR count). The average Bonchev–Trinajstić information content (AvgIpc) is 2.04. The predicted molar refractivity (Wildman–Crippen MR) is 50.0 cm³/mol. The second-order valence-electron chi connectivity index (χ2n) is 3.36. The van der Waals surface area contributed by atoms with Crippen LogP contribution in [0.5, 0.6) is 0 Å². The first-order valence-electron chi connectivity index (χ1n) is 4.62. The predicted octanol–water partition coefficient (Wildman–Crippen LogP) is 0.903. The summed E-state index contributed by atoms with van der Waals surface area (Å²) in [5.74, 6) is 0. The molecule has 74 valence electrons. The number of ether oxygens (including phenoxy) is 1. The van der Waals surface area contributed by atoms with Crippen LogP contribution in [0.25, 0.3) is 0 Å². The van der Waals surface area contributed by atoms with Gasteiger partial charge in [-0.3, -0.25) is 0 Å². The molecule has 0 spiro atoms. The molecular formula is C9H21NO2. The summed E-state index contributed by atoms with van der Waals surface area (Å²) in [6.07, 6.45) is 2.74. The molecule has 0 aromatic carbocycles. The van der Waals surface area contributed by atoms with Gasteiger partial charge in [-0.15, -0.1) is 0 Å². The molecule has 0 aliphatic rings. The summed E-state index contributed by atoms with van der Waals surface area (Å²) in [5, 5.41) is 9.51. The number of nitrogens with two attached hydrogens (primary N) is 1. The Morgan fingerprint density at radius 1 is 1.42 bits per heavy atom. The van der Waals surface area contributed by atoms with Crippen molar-refractivity contribution in [1.29, 1.82) is 0 Å². The number of aliphatic hydroxyl groups is 1. The van der Waals surface area contributed by atoms with E-state index in [-0.39, 0.29) is 0 Å². The lowest BCUT2D eigenvalue weighted by molar-refractivity contribution is 0.0535. The standard InChI is InChI=1S/C9H21NO2/c1-3-12-7-5-4-6-9(2,11)8-10/h11H,3-8,10H2,1-2H3. The Labute approximate surface area is 74.9 Å². The van der Waals surface area contributed by atoms with Crippen LogP contribution < -0.4 is 5.73 Å². The molecule has 0 heterocycles. The van der Waals surface area contributed by atoms with Gasteiger partial charge in [0.1, 0.15) is 0 Å². The van der Waals surface area contributed by atoms with Gasteiger partial charge < -0.3 is 15.6 Å². The fraction of sp³-hybridized carbons (Fsp3) is 1.00. The number of unbranched alkanes of at least 4 members (excludes halogenated alkanes) is 1. The second kappa shape index (κ2) is 6.40. The quantitative estimate of drug-likeness (QED) is 0.565. The topological polar surface area (TPSA) is 55.5 Å². The Morgan fingerprint density at radius 3 is 2.58 bits per heavy atom. The summed E-state index contributed by atoms with van der Waals surface area (Å²) < 4.78 is 5.17. The highest BCUT2D eigenvalue weighted by molar-refractivity contribution is 4.72. The Bertz CT molecular complexity index is 105. The molecule has 0 fully saturated rings. The van der Waals surface area contributed by atoms with E-state index in [0.29, 0.717) is 6.54 Å². The van der Waals surface area contributed by atoms with E-state index in [2.05, 4.69) is 0 Å². The molecule has 3 nitrogen and oxygen atoms in total. The summed E-state index contributed by atoms with van der Waals surface area (Å²) in [4.78, 5) is 0. The van der Waals surface area contributed by atoms with Crippen LogP contribution in [0.15, 0.2) is 0 Å². The van der Waals surface area contributed by atoms with E-state index in [1.54, 1.807) is 6.92 Å². The van der Waals surface area contributed by atoms with Crippen molar-refractivity contribution in [3.8, 4) is 0 Å². The molecule has 12 heavy (non-hydrogen) atoms. The monoisotopic (exact) mass is 175 g/mol. The van der Waals surface area contributed by atoms with E-state index >= 15 is 0 Å². The molecule has 0 saturated carbocycles. The van der Waals surface area contributed by atoms with E-state index in [1.807, 2.05) is 6.92 Å². The fourth-order valence-electron chi connectivity index (χ4n) is 0.956. The van der Waals surface area contributed by atoms with Crippen LogP contribution in [0.4, 0.5) is 0 Å². The van der Waals surface area contributed by atoms with Gasteiger partial charge in [-0.05, 0) is 33.1 Å². The van der Waals surface area contributed by atoms with Gasteiger partial charge in [0.25, 0.3) is 0 Å². The number of rotatable bonds is 7. The van der Waals surface area contributed by atoms with Crippen LogP contribution in [0.2, 0.25) is 0 Å². The van der Waals surface area contributed by atoms with E-state index in [0.717, 1.165) is 32.5 Å². The van der Waals surface area contributed by atoms with Gasteiger partial charge in [0.15, 0.2) is 0 Å². The van der Waals surface area contributed by atoms with Crippen LogP contribution in [-0.2, 0) is 4.74 Å². The zero-order valence-electron chi connectivity index (χ0n) is 8.18. The lowest BCUT2D eigenvalue weighted by atomic mass is 10.00. The third-order valence-corrected chi connectivity index (χ3v) is 1.90.